The molecule has 0 aromatic carbocycles. The number of methoxy groups -OCH3 is 2. The standard InChI is InChI=1S/C6H10O4S2/c1-9-4(7)3(6(11)12)5(8)10-2/h3,6,11-12H,1-2H3. The summed E-state index contributed by atoms with van der Waals surface area (Å²) in [5.74, 6) is -2.47. The van der Waals surface area contributed by atoms with E-state index in [0.29, 0.717) is 0 Å². The molecule has 0 aliphatic heterocycles. The normalized spacial score (nSPS) is 10.2. The Bertz CT molecular complexity index is 164. The SMILES string of the molecule is COC(=O)C(C(=O)OC)C(S)S. The molecular formula is C6H10O4S2. The summed E-state index contributed by atoms with van der Waals surface area (Å²) in [6.45, 7) is 0. The van der Waals surface area contributed by atoms with Crippen LogP contribution in [0.15, 0.2) is 0 Å². The zero-order valence-corrected chi connectivity index (χ0v) is 8.47. The first-order chi connectivity index (χ1) is 5.54. The fourth-order valence-corrected chi connectivity index (χ4v) is 1.08. The van der Waals surface area contributed by atoms with Gasteiger partial charge in [-0.05, 0) is 0 Å². The van der Waals surface area contributed by atoms with Crippen LogP contribution in [0.3, 0.4) is 0 Å². The summed E-state index contributed by atoms with van der Waals surface area (Å²) < 4.78 is 8.00. The van der Waals surface area contributed by atoms with Gasteiger partial charge in [0.1, 0.15) is 0 Å². The van der Waals surface area contributed by atoms with E-state index in [1.165, 1.54) is 14.2 Å². The zero-order valence-electron chi connectivity index (χ0n) is 6.68. The molecule has 0 aliphatic rings. The number of ether oxygens (including phenoxy) is 2. The lowest BCUT2D eigenvalue weighted by atomic mass is 10.2. The quantitative estimate of drug-likeness (QED) is 0.301. The highest BCUT2D eigenvalue weighted by molar-refractivity contribution is 7.99. The van der Waals surface area contributed by atoms with Crippen molar-refractivity contribution in [3.63, 3.8) is 0 Å². The first-order valence-electron chi connectivity index (χ1n) is 3.06. The van der Waals surface area contributed by atoms with Gasteiger partial charge in [-0.3, -0.25) is 9.59 Å². The van der Waals surface area contributed by atoms with E-state index < -0.39 is 22.4 Å². The highest BCUT2D eigenvalue weighted by atomic mass is 32.2. The molecule has 0 saturated carbocycles. The molecule has 0 amide bonds. The van der Waals surface area contributed by atoms with Gasteiger partial charge in [0.05, 0.1) is 18.8 Å². The minimum absolute atomic E-state index is 0.697. The molecular weight excluding hydrogens is 200 g/mol. The highest BCUT2D eigenvalue weighted by Gasteiger charge is 2.32. The van der Waals surface area contributed by atoms with Crippen LogP contribution in [0.25, 0.3) is 0 Å². The first kappa shape index (κ1) is 11.6. The van der Waals surface area contributed by atoms with Crippen LogP contribution in [-0.4, -0.2) is 30.7 Å². The number of hydrogen-bond acceptors (Lipinski definition) is 6. The maximum absolute atomic E-state index is 10.9. The molecule has 0 aromatic heterocycles. The van der Waals surface area contributed by atoms with Gasteiger partial charge in [-0.1, -0.05) is 0 Å². The van der Waals surface area contributed by atoms with Crippen LogP contribution < -0.4 is 0 Å². The van der Waals surface area contributed by atoms with E-state index in [0.717, 1.165) is 0 Å². The molecule has 0 atom stereocenters. The lowest BCUT2D eigenvalue weighted by Gasteiger charge is -2.13. The number of carbonyl (C=O) groups excluding carboxylic acids is 2. The second-order valence-corrected chi connectivity index (χ2v) is 3.46. The Kier molecular flexibility index (Phi) is 5.16. The fourth-order valence-electron chi connectivity index (χ4n) is 0.594. The third kappa shape index (κ3) is 2.94. The van der Waals surface area contributed by atoms with Crippen molar-refractivity contribution in [2.45, 2.75) is 4.58 Å². The van der Waals surface area contributed by atoms with Crippen LogP contribution in [-0.2, 0) is 19.1 Å². The molecule has 6 heteroatoms. The Balaban J connectivity index is 4.43. The highest BCUT2D eigenvalue weighted by Crippen LogP contribution is 2.17. The van der Waals surface area contributed by atoms with Crippen molar-refractivity contribution in [2.24, 2.45) is 5.92 Å². The summed E-state index contributed by atoms with van der Waals surface area (Å²) in [6.07, 6.45) is 0. The van der Waals surface area contributed by atoms with Gasteiger partial charge < -0.3 is 9.47 Å². The van der Waals surface area contributed by atoms with Crippen molar-refractivity contribution < 1.29 is 19.1 Å². The van der Waals surface area contributed by atoms with E-state index in [4.69, 9.17) is 0 Å². The predicted molar refractivity (Wildman–Crippen MR) is 49.3 cm³/mol. The van der Waals surface area contributed by atoms with Crippen molar-refractivity contribution in [2.75, 3.05) is 14.2 Å². The molecule has 0 rings (SSSR count). The smallest absolute Gasteiger partial charge is 0.322 e. The Morgan fingerprint density at radius 1 is 1.08 bits per heavy atom. The van der Waals surface area contributed by atoms with Gasteiger partial charge in [0.2, 0.25) is 0 Å². The topological polar surface area (TPSA) is 52.6 Å². The van der Waals surface area contributed by atoms with Crippen LogP contribution in [0, 0.1) is 5.92 Å². The Morgan fingerprint density at radius 3 is 1.58 bits per heavy atom. The van der Waals surface area contributed by atoms with Crippen molar-refractivity contribution in [3.05, 3.63) is 0 Å². The molecule has 0 heterocycles. The van der Waals surface area contributed by atoms with Crippen LogP contribution in [0.1, 0.15) is 0 Å². The van der Waals surface area contributed by atoms with Crippen molar-refractivity contribution in [1.82, 2.24) is 0 Å². The summed E-state index contributed by atoms with van der Waals surface area (Å²) in [5, 5.41) is 0. The second kappa shape index (κ2) is 5.31. The molecule has 70 valence electrons. The molecule has 0 unspecified atom stereocenters. The van der Waals surface area contributed by atoms with Gasteiger partial charge in [0, 0.05) is 0 Å². The monoisotopic (exact) mass is 210 g/mol. The number of hydrogen-bond donors (Lipinski definition) is 2. The van der Waals surface area contributed by atoms with Crippen molar-refractivity contribution in [3.8, 4) is 0 Å². The Morgan fingerprint density at radius 2 is 1.42 bits per heavy atom. The zero-order chi connectivity index (χ0) is 9.72. The van der Waals surface area contributed by atoms with Crippen LogP contribution in [0.2, 0.25) is 0 Å². The van der Waals surface area contributed by atoms with E-state index >= 15 is 0 Å². The summed E-state index contributed by atoms with van der Waals surface area (Å²) in [5.41, 5.74) is 0. The minimum Gasteiger partial charge on any atom is -0.468 e. The third-order valence-electron chi connectivity index (χ3n) is 1.21. The summed E-state index contributed by atoms with van der Waals surface area (Å²) in [6, 6.07) is 0. The average Bonchev–Trinajstić information content (AvgIpc) is 2.03. The lowest BCUT2D eigenvalue weighted by molar-refractivity contribution is -0.157. The Labute approximate surface area is 81.4 Å². The maximum atomic E-state index is 10.9. The van der Waals surface area contributed by atoms with Gasteiger partial charge in [-0.15, -0.1) is 0 Å². The fraction of sp³-hybridized carbons (Fsp3) is 0.667. The molecule has 0 fully saturated rings. The molecule has 0 saturated heterocycles. The lowest BCUT2D eigenvalue weighted by Crippen LogP contribution is -2.31. The molecule has 4 nitrogen and oxygen atoms in total. The van der Waals surface area contributed by atoms with E-state index in [-0.39, 0.29) is 0 Å². The molecule has 0 aliphatic carbocycles. The van der Waals surface area contributed by atoms with Gasteiger partial charge in [0.15, 0.2) is 5.92 Å². The number of esters is 2. The van der Waals surface area contributed by atoms with Gasteiger partial charge in [0.25, 0.3) is 0 Å². The van der Waals surface area contributed by atoms with E-state index in [1.807, 2.05) is 0 Å². The predicted octanol–water partition coefficient (Wildman–Crippen LogP) is 0.134. The molecule has 0 spiro atoms. The molecule has 0 bridgehead atoms. The summed E-state index contributed by atoms with van der Waals surface area (Å²) >= 11 is 7.68. The van der Waals surface area contributed by atoms with Gasteiger partial charge in [-0.2, -0.15) is 25.3 Å². The largest absolute Gasteiger partial charge is 0.468 e. The van der Waals surface area contributed by atoms with Crippen molar-refractivity contribution >= 4 is 37.2 Å². The number of thiol groups is 2. The van der Waals surface area contributed by atoms with Crippen LogP contribution in [0.5, 0.6) is 0 Å². The van der Waals surface area contributed by atoms with Crippen LogP contribution in [0.4, 0.5) is 0 Å². The molecule has 0 N–H and O–H groups in total. The van der Waals surface area contributed by atoms with Crippen LogP contribution >= 0.6 is 25.3 Å². The Hall–Kier alpha value is -0.360. The molecule has 0 radical (unpaired) electrons. The van der Waals surface area contributed by atoms with Crippen molar-refractivity contribution in [1.29, 1.82) is 0 Å². The number of rotatable bonds is 3. The third-order valence-corrected chi connectivity index (χ3v) is 1.80. The number of carbonyl (C=O) groups is 2. The van der Waals surface area contributed by atoms with E-state index in [9.17, 15) is 9.59 Å². The average molecular weight is 210 g/mol. The van der Waals surface area contributed by atoms with Gasteiger partial charge in [-0.25, -0.2) is 0 Å². The molecule has 0 aromatic rings. The first-order valence-corrected chi connectivity index (χ1v) is 4.09. The van der Waals surface area contributed by atoms with Gasteiger partial charge >= 0.3 is 11.9 Å². The maximum Gasteiger partial charge on any atom is 0.322 e. The summed E-state index contributed by atoms with van der Waals surface area (Å²) in [7, 11) is 2.37. The van der Waals surface area contributed by atoms with E-state index in [2.05, 4.69) is 34.7 Å². The molecule has 12 heavy (non-hydrogen) atoms. The van der Waals surface area contributed by atoms with E-state index in [1.54, 1.807) is 0 Å². The summed E-state index contributed by atoms with van der Waals surface area (Å²) in [4.78, 5) is 21.9. The minimum atomic E-state index is -1.08. The second-order valence-electron chi connectivity index (χ2n) is 1.94.